The van der Waals surface area contributed by atoms with Crippen LogP contribution >= 0.6 is 11.3 Å². The first kappa shape index (κ1) is 12.2. The first-order valence-corrected chi connectivity index (χ1v) is 6.39. The van der Waals surface area contributed by atoms with E-state index in [0.29, 0.717) is 11.8 Å². The summed E-state index contributed by atoms with van der Waals surface area (Å²) in [5.41, 5.74) is 1.86. The van der Waals surface area contributed by atoms with Crippen LogP contribution in [0.1, 0.15) is 26.7 Å². The van der Waals surface area contributed by atoms with E-state index in [1.807, 2.05) is 0 Å². The Hall–Kier alpha value is -1.27. The molecule has 2 rings (SSSR count). The Morgan fingerprint density at radius 3 is 2.82 bits per heavy atom. The Bertz CT molecular complexity index is 458. The van der Waals surface area contributed by atoms with Crippen LogP contribution in [0.4, 0.5) is 0 Å². The highest BCUT2D eigenvalue weighted by atomic mass is 32.1. The van der Waals surface area contributed by atoms with E-state index in [0.717, 1.165) is 17.8 Å². The van der Waals surface area contributed by atoms with Gasteiger partial charge in [-0.15, -0.1) is 21.5 Å². The van der Waals surface area contributed by atoms with E-state index >= 15 is 0 Å². The van der Waals surface area contributed by atoms with Crippen molar-refractivity contribution in [3.8, 4) is 10.8 Å². The number of hydrogen-bond donors (Lipinski definition) is 1. The molecule has 0 aliphatic rings. The Morgan fingerprint density at radius 1 is 1.35 bits per heavy atom. The van der Waals surface area contributed by atoms with Gasteiger partial charge in [-0.05, 0) is 20.8 Å². The van der Waals surface area contributed by atoms with Gasteiger partial charge in [0.1, 0.15) is 4.88 Å². The van der Waals surface area contributed by atoms with Crippen molar-refractivity contribution in [1.29, 1.82) is 0 Å². The molecule has 6 heteroatoms. The van der Waals surface area contributed by atoms with Crippen LogP contribution in [0.5, 0.6) is 0 Å². The van der Waals surface area contributed by atoms with E-state index in [1.54, 1.807) is 11.7 Å². The molecular formula is C11H16N4OS. The Kier molecular flexibility index (Phi) is 3.54. The number of thiazole rings is 1. The molecule has 0 radical (unpaired) electrons. The quantitative estimate of drug-likeness (QED) is 0.903. The van der Waals surface area contributed by atoms with Crippen LogP contribution in [-0.4, -0.2) is 27.3 Å². The zero-order valence-electron chi connectivity index (χ0n) is 10.2. The van der Waals surface area contributed by atoms with Crippen molar-refractivity contribution in [3.63, 3.8) is 0 Å². The van der Waals surface area contributed by atoms with Crippen molar-refractivity contribution in [1.82, 2.24) is 20.5 Å². The third-order valence-electron chi connectivity index (χ3n) is 2.10. The number of aromatic nitrogens is 3. The van der Waals surface area contributed by atoms with Crippen molar-refractivity contribution in [2.24, 2.45) is 0 Å². The molecule has 0 amide bonds. The van der Waals surface area contributed by atoms with Crippen LogP contribution in [0, 0.1) is 0 Å². The first-order chi connectivity index (χ1) is 8.04. The average Bonchev–Trinajstić information content (AvgIpc) is 2.83. The second kappa shape index (κ2) is 4.93. The van der Waals surface area contributed by atoms with Crippen LogP contribution in [0.25, 0.3) is 10.8 Å². The number of hydrogen-bond acceptors (Lipinski definition) is 6. The van der Waals surface area contributed by atoms with Crippen molar-refractivity contribution in [2.75, 3.05) is 6.54 Å². The van der Waals surface area contributed by atoms with Gasteiger partial charge in [-0.2, -0.15) is 0 Å². The van der Waals surface area contributed by atoms with Crippen molar-refractivity contribution in [2.45, 2.75) is 32.7 Å². The second-order valence-corrected chi connectivity index (χ2v) is 5.68. The molecule has 92 valence electrons. The average molecular weight is 252 g/mol. The summed E-state index contributed by atoms with van der Waals surface area (Å²) in [6.45, 7) is 7.21. The van der Waals surface area contributed by atoms with E-state index in [2.05, 4.69) is 41.3 Å². The zero-order chi connectivity index (χ0) is 12.3. The van der Waals surface area contributed by atoms with Gasteiger partial charge in [0.25, 0.3) is 5.89 Å². The lowest BCUT2D eigenvalue weighted by molar-refractivity contribution is 0.412. The predicted molar refractivity (Wildman–Crippen MR) is 66.9 cm³/mol. The number of nitrogens with one attached hydrogen (secondary N) is 1. The molecular weight excluding hydrogens is 236 g/mol. The number of rotatable bonds is 4. The lowest BCUT2D eigenvalue weighted by atomic mass is 10.1. The summed E-state index contributed by atoms with van der Waals surface area (Å²) < 4.78 is 5.55. The van der Waals surface area contributed by atoms with Gasteiger partial charge >= 0.3 is 0 Å². The molecule has 2 aromatic heterocycles. The molecule has 0 aliphatic heterocycles. The number of nitrogens with zero attached hydrogens (tertiary/aromatic N) is 3. The van der Waals surface area contributed by atoms with Crippen LogP contribution in [-0.2, 0) is 6.42 Å². The monoisotopic (exact) mass is 252 g/mol. The fourth-order valence-corrected chi connectivity index (χ4v) is 1.86. The van der Waals surface area contributed by atoms with Gasteiger partial charge in [0.15, 0.2) is 0 Å². The van der Waals surface area contributed by atoms with Gasteiger partial charge in [0, 0.05) is 18.5 Å². The Morgan fingerprint density at radius 2 is 2.18 bits per heavy atom. The summed E-state index contributed by atoms with van der Waals surface area (Å²) in [5.74, 6) is 1.21. The highest BCUT2D eigenvalue weighted by Crippen LogP contribution is 2.21. The molecule has 17 heavy (non-hydrogen) atoms. The first-order valence-electron chi connectivity index (χ1n) is 5.51. The lowest BCUT2D eigenvalue weighted by Gasteiger charge is -2.19. The molecule has 1 N–H and O–H groups in total. The molecule has 0 fully saturated rings. The maximum atomic E-state index is 5.55. The lowest BCUT2D eigenvalue weighted by Crippen LogP contribution is -2.37. The summed E-state index contributed by atoms with van der Waals surface area (Å²) in [7, 11) is 0. The highest BCUT2D eigenvalue weighted by Gasteiger charge is 2.12. The topological polar surface area (TPSA) is 63.8 Å². The van der Waals surface area contributed by atoms with E-state index < -0.39 is 0 Å². The van der Waals surface area contributed by atoms with Crippen molar-refractivity contribution < 1.29 is 4.42 Å². The molecule has 0 saturated heterocycles. The standard InChI is InChI=1S/C11H16N4OS/c1-11(2,3)13-5-4-9-14-15-10(16-9)8-6-12-7-17-8/h6-7,13H,4-5H2,1-3H3. The van der Waals surface area contributed by atoms with E-state index in [4.69, 9.17) is 4.42 Å². The van der Waals surface area contributed by atoms with Gasteiger partial charge in [-0.25, -0.2) is 0 Å². The van der Waals surface area contributed by atoms with Crippen molar-refractivity contribution >= 4 is 11.3 Å². The summed E-state index contributed by atoms with van der Waals surface area (Å²) in [4.78, 5) is 4.89. The molecule has 0 spiro atoms. The van der Waals surface area contributed by atoms with Crippen LogP contribution in [0.2, 0.25) is 0 Å². The molecule has 2 heterocycles. The van der Waals surface area contributed by atoms with Gasteiger partial charge in [-0.3, -0.25) is 4.98 Å². The van der Waals surface area contributed by atoms with Gasteiger partial charge in [0.2, 0.25) is 5.89 Å². The fourth-order valence-electron chi connectivity index (χ4n) is 1.32. The minimum Gasteiger partial charge on any atom is -0.420 e. The van der Waals surface area contributed by atoms with Gasteiger partial charge in [0.05, 0.1) is 11.7 Å². The SMILES string of the molecule is CC(C)(C)NCCc1nnc(-c2cncs2)o1. The summed E-state index contributed by atoms with van der Waals surface area (Å²) in [6, 6.07) is 0. The van der Waals surface area contributed by atoms with Gasteiger partial charge in [-0.1, -0.05) is 0 Å². The van der Waals surface area contributed by atoms with Crippen LogP contribution < -0.4 is 5.32 Å². The molecule has 5 nitrogen and oxygen atoms in total. The van der Waals surface area contributed by atoms with Crippen LogP contribution in [0.15, 0.2) is 16.1 Å². The minimum absolute atomic E-state index is 0.112. The van der Waals surface area contributed by atoms with Crippen LogP contribution in [0.3, 0.4) is 0 Å². The second-order valence-electron chi connectivity index (χ2n) is 4.79. The minimum atomic E-state index is 0.112. The Balaban J connectivity index is 1.91. The maximum absolute atomic E-state index is 5.55. The molecule has 0 bridgehead atoms. The zero-order valence-corrected chi connectivity index (χ0v) is 11.0. The normalized spacial score (nSPS) is 11.9. The van der Waals surface area contributed by atoms with Crippen molar-refractivity contribution in [3.05, 3.63) is 17.6 Å². The molecule has 0 unspecified atom stereocenters. The van der Waals surface area contributed by atoms with E-state index in [1.165, 1.54) is 11.3 Å². The van der Waals surface area contributed by atoms with Gasteiger partial charge < -0.3 is 9.73 Å². The third kappa shape index (κ3) is 3.61. The third-order valence-corrected chi connectivity index (χ3v) is 2.87. The molecule has 0 aromatic carbocycles. The maximum Gasteiger partial charge on any atom is 0.259 e. The summed E-state index contributed by atoms with van der Waals surface area (Å²) in [6.07, 6.45) is 2.47. The predicted octanol–water partition coefficient (Wildman–Crippen LogP) is 2.12. The van der Waals surface area contributed by atoms with E-state index in [-0.39, 0.29) is 5.54 Å². The summed E-state index contributed by atoms with van der Waals surface area (Å²) in [5, 5.41) is 11.4. The molecule has 0 saturated carbocycles. The fraction of sp³-hybridized carbons (Fsp3) is 0.545. The largest absolute Gasteiger partial charge is 0.420 e. The molecule has 0 atom stereocenters. The smallest absolute Gasteiger partial charge is 0.259 e. The summed E-state index contributed by atoms with van der Waals surface area (Å²) >= 11 is 1.49. The van der Waals surface area contributed by atoms with E-state index in [9.17, 15) is 0 Å². The molecule has 0 aliphatic carbocycles. The Labute approximate surface area is 104 Å². The highest BCUT2D eigenvalue weighted by molar-refractivity contribution is 7.13. The molecule has 2 aromatic rings.